The van der Waals surface area contributed by atoms with Crippen LogP contribution in [0.2, 0.25) is 0 Å². The van der Waals surface area contributed by atoms with Gasteiger partial charge in [0.2, 0.25) is 0 Å². The Balaban J connectivity index is 1.56. The normalized spacial score (nSPS) is 21.5. The SMILES string of the molecule is Oc1ccc2c(c1)Cc1ccccc1C21CCN(Cc2ccccc2)C1. The maximum absolute atomic E-state index is 10.0. The van der Waals surface area contributed by atoms with E-state index in [1.54, 1.807) is 0 Å². The number of nitrogens with zero attached hydrogens (tertiary/aromatic N) is 1. The van der Waals surface area contributed by atoms with Crippen LogP contribution in [0.1, 0.15) is 34.2 Å². The summed E-state index contributed by atoms with van der Waals surface area (Å²) in [6.07, 6.45) is 2.05. The second kappa shape index (κ2) is 6.00. The van der Waals surface area contributed by atoms with E-state index in [0.717, 1.165) is 32.5 Å². The molecule has 1 aliphatic carbocycles. The van der Waals surface area contributed by atoms with Crippen molar-refractivity contribution in [3.05, 3.63) is 101 Å². The average molecular weight is 341 g/mol. The first-order valence-corrected chi connectivity index (χ1v) is 9.42. The Labute approximate surface area is 154 Å². The summed E-state index contributed by atoms with van der Waals surface area (Å²) < 4.78 is 0. The minimum absolute atomic E-state index is 0.0483. The smallest absolute Gasteiger partial charge is 0.115 e. The van der Waals surface area contributed by atoms with Crippen molar-refractivity contribution in [2.24, 2.45) is 0 Å². The van der Waals surface area contributed by atoms with E-state index >= 15 is 0 Å². The van der Waals surface area contributed by atoms with Gasteiger partial charge in [0.25, 0.3) is 0 Å². The number of aromatic hydroxyl groups is 1. The lowest BCUT2D eigenvalue weighted by Crippen LogP contribution is -2.36. The molecular formula is C24H23NO. The van der Waals surface area contributed by atoms with Crippen LogP contribution >= 0.6 is 0 Å². The number of hydrogen-bond acceptors (Lipinski definition) is 2. The number of fused-ring (bicyclic) bond motifs is 4. The van der Waals surface area contributed by atoms with Crippen molar-refractivity contribution >= 4 is 0 Å². The van der Waals surface area contributed by atoms with E-state index in [1.165, 1.54) is 27.8 Å². The molecule has 1 aliphatic heterocycles. The molecule has 1 N–H and O–H groups in total. The topological polar surface area (TPSA) is 23.5 Å². The molecule has 3 aromatic carbocycles. The molecule has 2 heteroatoms. The van der Waals surface area contributed by atoms with Crippen LogP contribution in [0.15, 0.2) is 72.8 Å². The van der Waals surface area contributed by atoms with Gasteiger partial charge in [-0.15, -0.1) is 0 Å². The van der Waals surface area contributed by atoms with Gasteiger partial charge >= 0.3 is 0 Å². The molecule has 3 aromatic rings. The van der Waals surface area contributed by atoms with Crippen LogP contribution in [0.25, 0.3) is 0 Å². The Bertz CT molecular complexity index is 949. The highest BCUT2D eigenvalue weighted by Crippen LogP contribution is 2.48. The van der Waals surface area contributed by atoms with Gasteiger partial charge in [-0.05, 0) is 59.3 Å². The van der Waals surface area contributed by atoms with E-state index in [0.29, 0.717) is 5.75 Å². The first-order chi connectivity index (χ1) is 12.7. The molecule has 130 valence electrons. The molecule has 1 fully saturated rings. The highest BCUT2D eigenvalue weighted by Gasteiger charge is 2.45. The highest BCUT2D eigenvalue weighted by atomic mass is 16.3. The van der Waals surface area contributed by atoms with Crippen LogP contribution in [0, 0.1) is 0 Å². The van der Waals surface area contributed by atoms with Gasteiger partial charge in [-0.2, -0.15) is 0 Å². The van der Waals surface area contributed by atoms with Crippen LogP contribution in [0.5, 0.6) is 5.75 Å². The minimum atomic E-state index is 0.0483. The molecule has 26 heavy (non-hydrogen) atoms. The van der Waals surface area contributed by atoms with Crippen LogP contribution in [0.3, 0.4) is 0 Å². The van der Waals surface area contributed by atoms with Gasteiger partial charge in [0.15, 0.2) is 0 Å². The molecule has 0 amide bonds. The van der Waals surface area contributed by atoms with Gasteiger partial charge in [0, 0.05) is 18.5 Å². The zero-order valence-electron chi connectivity index (χ0n) is 14.9. The fraction of sp³-hybridized carbons (Fsp3) is 0.250. The number of rotatable bonds is 2. The van der Waals surface area contributed by atoms with Crippen molar-refractivity contribution in [2.45, 2.75) is 24.8 Å². The standard InChI is InChI=1S/C24H23NO/c26-21-10-11-23-20(15-21)14-19-8-4-5-9-22(19)24(23)12-13-25(17-24)16-18-6-2-1-3-7-18/h1-11,15,26H,12-14,16-17H2. The summed E-state index contributed by atoms with van der Waals surface area (Å²) in [6, 6.07) is 25.6. The lowest BCUT2D eigenvalue weighted by molar-refractivity contribution is 0.313. The minimum Gasteiger partial charge on any atom is -0.508 e. The largest absolute Gasteiger partial charge is 0.508 e. The van der Waals surface area contributed by atoms with Crippen molar-refractivity contribution in [3.8, 4) is 5.75 Å². The lowest BCUT2D eigenvalue weighted by Gasteiger charge is -2.38. The molecular weight excluding hydrogens is 318 g/mol. The van der Waals surface area contributed by atoms with Crippen molar-refractivity contribution < 1.29 is 5.11 Å². The molecule has 0 bridgehead atoms. The van der Waals surface area contributed by atoms with E-state index in [1.807, 2.05) is 12.1 Å². The van der Waals surface area contributed by atoms with Crippen molar-refractivity contribution in [1.29, 1.82) is 0 Å². The molecule has 0 aromatic heterocycles. The molecule has 0 saturated carbocycles. The molecule has 1 unspecified atom stereocenters. The Kier molecular flexibility index (Phi) is 3.61. The van der Waals surface area contributed by atoms with Crippen LogP contribution in [-0.2, 0) is 18.4 Å². The van der Waals surface area contributed by atoms with Crippen molar-refractivity contribution in [1.82, 2.24) is 4.90 Å². The molecule has 2 nitrogen and oxygen atoms in total. The van der Waals surface area contributed by atoms with E-state index in [9.17, 15) is 5.11 Å². The summed E-state index contributed by atoms with van der Waals surface area (Å²) in [6.45, 7) is 3.14. The number of likely N-dealkylation sites (tertiary alicyclic amines) is 1. The molecule has 1 spiro atoms. The van der Waals surface area contributed by atoms with Gasteiger partial charge in [-0.3, -0.25) is 4.90 Å². The predicted molar refractivity (Wildman–Crippen MR) is 104 cm³/mol. The third-order valence-corrected chi connectivity index (χ3v) is 6.12. The Morgan fingerprint density at radius 3 is 2.50 bits per heavy atom. The lowest BCUT2D eigenvalue weighted by atomic mass is 9.66. The summed E-state index contributed by atoms with van der Waals surface area (Å²) in [5, 5.41) is 10.0. The van der Waals surface area contributed by atoms with Crippen LogP contribution in [-0.4, -0.2) is 23.1 Å². The molecule has 0 radical (unpaired) electrons. The Morgan fingerprint density at radius 2 is 1.62 bits per heavy atom. The summed E-state index contributed by atoms with van der Waals surface area (Å²) in [7, 11) is 0. The van der Waals surface area contributed by atoms with E-state index in [2.05, 4.69) is 65.6 Å². The summed E-state index contributed by atoms with van der Waals surface area (Å²) in [5.74, 6) is 0.373. The summed E-state index contributed by atoms with van der Waals surface area (Å²) in [5.41, 5.74) is 7.00. The molecule has 1 heterocycles. The molecule has 1 saturated heterocycles. The first-order valence-electron chi connectivity index (χ1n) is 9.42. The van der Waals surface area contributed by atoms with Crippen LogP contribution in [0.4, 0.5) is 0 Å². The van der Waals surface area contributed by atoms with Gasteiger partial charge in [-0.25, -0.2) is 0 Å². The maximum atomic E-state index is 10.0. The van der Waals surface area contributed by atoms with Crippen LogP contribution < -0.4 is 0 Å². The third kappa shape index (κ3) is 2.45. The second-order valence-electron chi connectivity index (χ2n) is 7.70. The Hall–Kier alpha value is -2.58. The molecule has 1 atom stereocenters. The van der Waals surface area contributed by atoms with E-state index < -0.39 is 0 Å². The van der Waals surface area contributed by atoms with E-state index in [4.69, 9.17) is 0 Å². The fourth-order valence-electron chi connectivity index (χ4n) is 4.99. The Morgan fingerprint density at radius 1 is 0.846 bits per heavy atom. The quantitative estimate of drug-likeness (QED) is 0.742. The number of phenolic OH excluding ortho intramolecular Hbond substituents is 1. The number of hydrogen-bond donors (Lipinski definition) is 1. The average Bonchev–Trinajstić information content (AvgIpc) is 3.07. The maximum Gasteiger partial charge on any atom is 0.115 e. The predicted octanol–water partition coefficient (Wildman–Crippen LogP) is 4.49. The zero-order valence-corrected chi connectivity index (χ0v) is 14.9. The third-order valence-electron chi connectivity index (χ3n) is 6.12. The van der Waals surface area contributed by atoms with Gasteiger partial charge in [0.1, 0.15) is 5.75 Å². The zero-order chi connectivity index (χ0) is 17.6. The van der Waals surface area contributed by atoms with Gasteiger partial charge in [0.05, 0.1) is 0 Å². The first kappa shape index (κ1) is 15.7. The van der Waals surface area contributed by atoms with Gasteiger partial charge < -0.3 is 5.11 Å². The van der Waals surface area contributed by atoms with Crippen molar-refractivity contribution in [3.63, 3.8) is 0 Å². The highest BCUT2D eigenvalue weighted by molar-refractivity contribution is 5.56. The molecule has 5 rings (SSSR count). The monoisotopic (exact) mass is 341 g/mol. The number of phenols is 1. The second-order valence-corrected chi connectivity index (χ2v) is 7.70. The summed E-state index contributed by atoms with van der Waals surface area (Å²) >= 11 is 0. The molecule has 2 aliphatic rings. The van der Waals surface area contributed by atoms with E-state index in [-0.39, 0.29) is 5.41 Å². The fourth-order valence-corrected chi connectivity index (χ4v) is 4.99. The number of benzene rings is 3. The van der Waals surface area contributed by atoms with Crippen molar-refractivity contribution in [2.75, 3.05) is 13.1 Å². The van der Waals surface area contributed by atoms with Gasteiger partial charge in [-0.1, -0.05) is 60.7 Å². The summed E-state index contributed by atoms with van der Waals surface area (Å²) in [4.78, 5) is 2.58.